The molecular weight excluding hydrogens is 244 g/mol. The number of rotatable bonds is 7. The fraction of sp³-hybridized carbons (Fsp3) is 0.600. The van der Waals surface area contributed by atoms with Crippen molar-refractivity contribution in [3.05, 3.63) is 21.9 Å². The largest absolute Gasteiger partial charge is 0.320 e. The topological polar surface area (TPSA) is 58.2 Å². The van der Waals surface area contributed by atoms with E-state index in [-0.39, 0.29) is 5.75 Å². The summed E-state index contributed by atoms with van der Waals surface area (Å²) in [6, 6.07) is 2.00. The Morgan fingerprint density at radius 3 is 2.75 bits per heavy atom. The number of hydrogen-bond donors (Lipinski definition) is 2. The van der Waals surface area contributed by atoms with E-state index in [4.69, 9.17) is 0 Å². The van der Waals surface area contributed by atoms with Crippen molar-refractivity contribution in [2.75, 3.05) is 19.3 Å². The highest BCUT2D eigenvalue weighted by Crippen LogP contribution is 2.15. The summed E-state index contributed by atoms with van der Waals surface area (Å²) < 4.78 is 25.8. The van der Waals surface area contributed by atoms with E-state index in [0.29, 0.717) is 13.0 Å². The van der Waals surface area contributed by atoms with Crippen LogP contribution in [0.15, 0.2) is 11.4 Å². The standard InChI is InChI=1S/C10H18N2O2S2/c1-9-4-6-15-10(9)8-12-16(13,14)7-3-5-11-2/h4,6,11-12H,3,5,7-8H2,1-2H3. The van der Waals surface area contributed by atoms with Crippen LogP contribution >= 0.6 is 11.3 Å². The third-order valence-electron chi connectivity index (χ3n) is 2.26. The van der Waals surface area contributed by atoms with Crippen molar-refractivity contribution in [1.29, 1.82) is 0 Å². The van der Waals surface area contributed by atoms with Crippen LogP contribution in [-0.4, -0.2) is 27.8 Å². The Morgan fingerprint density at radius 2 is 2.19 bits per heavy atom. The van der Waals surface area contributed by atoms with Crippen molar-refractivity contribution in [3.63, 3.8) is 0 Å². The number of hydrogen-bond acceptors (Lipinski definition) is 4. The van der Waals surface area contributed by atoms with E-state index in [1.807, 2.05) is 25.4 Å². The summed E-state index contributed by atoms with van der Waals surface area (Å²) in [5, 5.41) is 4.90. The van der Waals surface area contributed by atoms with Crippen molar-refractivity contribution in [1.82, 2.24) is 10.0 Å². The molecule has 1 aromatic rings. The molecule has 0 bridgehead atoms. The lowest BCUT2D eigenvalue weighted by Crippen LogP contribution is -2.27. The van der Waals surface area contributed by atoms with Gasteiger partial charge in [0.15, 0.2) is 0 Å². The van der Waals surface area contributed by atoms with Gasteiger partial charge in [-0.05, 0) is 43.9 Å². The molecule has 0 atom stereocenters. The highest BCUT2D eigenvalue weighted by Gasteiger charge is 2.10. The van der Waals surface area contributed by atoms with Crippen LogP contribution in [0.5, 0.6) is 0 Å². The summed E-state index contributed by atoms with van der Waals surface area (Å²) >= 11 is 1.58. The molecule has 0 aromatic carbocycles. The first-order valence-corrected chi connectivity index (χ1v) is 7.73. The molecule has 0 unspecified atom stereocenters. The molecular formula is C10H18N2O2S2. The van der Waals surface area contributed by atoms with Gasteiger partial charge in [0.1, 0.15) is 0 Å². The molecule has 1 rings (SSSR count). The van der Waals surface area contributed by atoms with Crippen LogP contribution in [0.1, 0.15) is 16.9 Å². The van der Waals surface area contributed by atoms with Crippen LogP contribution in [0.3, 0.4) is 0 Å². The van der Waals surface area contributed by atoms with Gasteiger partial charge in [0.05, 0.1) is 5.75 Å². The van der Waals surface area contributed by atoms with Gasteiger partial charge in [0.2, 0.25) is 10.0 Å². The third kappa shape index (κ3) is 4.61. The highest BCUT2D eigenvalue weighted by molar-refractivity contribution is 7.89. The minimum Gasteiger partial charge on any atom is -0.320 e. The van der Waals surface area contributed by atoms with Crippen LogP contribution in [0.25, 0.3) is 0 Å². The first-order chi connectivity index (χ1) is 7.55. The van der Waals surface area contributed by atoms with Crippen molar-refractivity contribution in [2.45, 2.75) is 19.9 Å². The van der Waals surface area contributed by atoms with Gasteiger partial charge in [-0.1, -0.05) is 0 Å². The quantitative estimate of drug-likeness (QED) is 0.723. The van der Waals surface area contributed by atoms with Crippen LogP contribution in [0.4, 0.5) is 0 Å². The second-order valence-corrected chi connectivity index (χ2v) is 6.55. The average molecular weight is 262 g/mol. The van der Waals surface area contributed by atoms with E-state index in [0.717, 1.165) is 17.0 Å². The van der Waals surface area contributed by atoms with Gasteiger partial charge >= 0.3 is 0 Å². The predicted molar refractivity (Wildman–Crippen MR) is 68.2 cm³/mol. The van der Waals surface area contributed by atoms with Gasteiger partial charge in [-0.3, -0.25) is 0 Å². The van der Waals surface area contributed by atoms with E-state index in [1.165, 1.54) is 0 Å². The lowest BCUT2D eigenvalue weighted by atomic mass is 10.3. The molecule has 0 amide bonds. The Bertz CT molecular complexity index is 412. The summed E-state index contributed by atoms with van der Waals surface area (Å²) in [5.74, 6) is 0.179. The predicted octanol–water partition coefficient (Wildman–Crippen LogP) is 1.09. The molecule has 92 valence electrons. The molecule has 1 aromatic heterocycles. The average Bonchev–Trinajstić information content (AvgIpc) is 2.62. The van der Waals surface area contributed by atoms with Gasteiger partial charge in [0.25, 0.3) is 0 Å². The SMILES string of the molecule is CNCCCS(=O)(=O)NCc1sccc1C. The first-order valence-electron chi connectivity index (χ1n) is 5.20. The number of thiophene rings is 1. The molecule has 0 aliphatic carbocycles. The summed E-state index contributed by atoms with van der Waals surface area (Å²) in [7, 11) is -1.32. The summed E-state index contributed by atoms with van der Waals surface area (Å²) in [6.07, 6.45) is 0.634. The lowest BCUT2D eigenvalue weighted by Gasteiger charge is -2.06. The maximum Gasteiger partial charge on any atom is 0.211 e. The van der Waals surface area contributed by atoms with Crippen LogP contribution in [0, 0.1) is 6.92 Å². The minimum absolute atomic E-state index is 0.179. The zero-order valence-corrected chi connectivity index (χ0v) is 11.2. The van der Waals surface area contributed by atoms with E-state index in [9.17, 15) is 8.42 Å². The van der Waals surface area contributed by atoms with Gasteiger partial charge < -0.3 is 5.32 Å². The van der Waals surface area contributed by atoms with Gasteiger partial charge in [-0.15, -0.1) is 11.3 Å². The molecule has 0 saturated carbocycles. The van der Waals surface area contributed by atoms with Gasteiger partial charge in [-0.2, -0.15) is 0 Å². The molecule has 0 spiro atoms. The first kappa shape index (κ1) is 13.6. The number of sulfonamides is 1. The Kier molecular flexibility index (Phi) is 5.40. The molecule has 2 N–H and O–H groups in total. The van der Waals surface area contributed by atoms with Crippen LogP contribution in [0.2, 0.25) is 0 Å². The normalized spacial score (nSPS) is 11.9. The second-order valence-electron chi connectivity index (χ2n) is 3.62. The Labute approximate surface area is 101 Å². The maximum absolute atomic E-state index is 11.6. The second kappa shape index (κ2) is 6.34. The molecule has 16 heavy (non-hydrogen) atoms. The van der Waals surface area contributed by atoms with Crippen molar-refractivity contribution >= 4 is 21.4 Å². The zero-order valence-electron chi connectivity index (χ0n) is 9.62. The van der Waals surface area contributed by atoms with Crippen LogP contribution < -0.4 is 10.0 Å². The van der Waals surface area contributed by atoms with E-state index in [1.54, 1.807) is 11.3 Å². The Balaban J connectivity index is 2.39. The van der Waals surface area contributed by atoms with E-state index >= 15 is 0 Å². The molecule has 0 aliphatic rings. The zero-order chi connectivity index (χ0) is 12.0. The van der Waals surface area contributed by atoms with Crippen molar-refractivity contribution in [2.24, 2.45) is 0 Å². The van der Waals surface area contributed by atoms with Crippen molar-refractivity contribution in [3.8, 4) is 0 Å². The molecule has 6 heteroatoms. The minimum atomic E-state index is -3.13. The molecule has 4 nitrogen and oxygen atoms in total. The fourth-order valence-corrected chi connectivity index (χ4v) is 3.24. The smallest absolute Gasteiger partial charge is 0.211 e. The Morgan fingerprint density at radius 1 is 1.44 bits per heavy atom. The summed E-state index contributed by atoms with van der Waals surface area (Å²) in [5.41, 5.74) is 1.14. The third-order valence-corrected chi connectivity index (χ3v) is 4.69. The maximum atomic E-state index is 11.6. The molecule has 0 aliphatic heterocycles. The van der Waals surface area contributed by atoms with E-state index < -0.39 is 10.0 Å². The van der Waals surface area contributed by atoms with E-state index in [2.05, 4.69) is 10.0 Å². The Hall–Kier alpha value is -0.430. The number of nitrogens with one attached hydrogen (secondary N) is 2. The fourth-order valence-electron chi connectivity index (χ4n) is 1.27. The van der Waals surface area contributed by atoms with Gasteiger partial charge in [-0.25, -0.2) is 13.1 Å². The monoisotopic (exact) mass is 262 g/mol. The summed E-state index contributed by atoms with van der Waals surface area (Å²) in [6.45, 7) is 3.12. The molecule has 1 heterocycles. The lowest BCUT2D eigenvalue weighted by molar-refractivity contribution is 0.577. The van der Waals surface area contributed by atoms with Gasteiger partial charge in [0, 0.05) is 11.4 Å². The van der Waals surface area contributed by atoms with Crippen molar-refractivity contribution < 1.29 is 8.42 Å². The summed E-state index contributed by atoms with van der Waals surface area (Å²) in [4.78, 5) is 1.08. The van der Waals surface area contributed by atoms with Crippen LogP contribution in [-0.2, 0) is 16.6 Å². The highest BCUT2D eigenvalue weighted by atomic mass is 32.2. The molecule has 0 fully saturated rings. The molecule has 0 saturated heterocycles. The molecule has 0 radical (unpaired) electrons. The number of aryl methyl sites for hydroxylation is 1.